The van der Waals surface area contributed by atoms with E-state index in [4.69, 9.17) is 16.3 Å². The van der Waals surface area contributed by atoms with Crippen LogP contribution in [0.15, 0.2) is 18.2 Å². The maximum absolute atomic E-state index is 12.5. The molecule has 1 unspecified atom stereocenters. The van der Waals surface area contributed by atoms with Crippen LogP contribution in [0.2, 0.25) is 5.02 Å². The Morgan fingerprint density at radius 1 is 1.55 bits per heavy atom. The number of ether oxygens (including phenoxy) is 1. The van der Waals surface area contributed by atoms with Crippen molar-refractivity contribution in [2.75, 3.05) is 19.7 Å². The molecule has 108 valence electrons. The molecule has 0 spiro atoms. The first kappa shape index (κ1) is 14.7. The number of halogens is 1. The Bertz CT molecular complexity index is 535. The van der Waals surface area contributed by atoms with Crippen molar-refractivity contribution in [1.82, 2.24) is 4.90 Å². The Kier molecular flexibility index (Phi) is 4.57. The molecule has 0 aromatic heterocycles. The molecule has 1 atom stereocenters. The van der Waals surface area contributed by atoms with Crippen molar-refractivity contribution in [2.24, 2.45) is 0 Å². The highest BCUT2D eigenvalue weighted by molar-refractivity contribution is 6.31. The van der Waals surface area contributed by atoms with Gasteiger partial charge in [-0.3, -0.25) is 14.9 Å². The molecule has 1 fully saturated rings. The molecule has 1 heterocycles. The Morgan fingerprint density at radius 2 is 2.30 bits per heavy atom. The Morgan fingerprint density at radius 3 is 3.00 bits per heavy atom. The molecule has 6 nitrogen and oxygen atoms in total. The van der Waals surface area contributed by atoms with Gasteiger partial charge in [0.25, 0.3) is 11.6 Å². The quantitative estimate of drug-likeness (QED) is 0.621. The minimum atomic E-state index is -0.568. The van der Waals surface area contributed by atoms with Gasteiger partial charge in [-0.25, -0.2) is 0 Å². The number of carbonyl (C=O) groups is 1. The van der Waals surface area contributed by atoms with E-state index in [1.54, 1.807) is 4.90 Å². The van der Waals surface area contributed by atoms with Crippen LogP contribution in [0, 0.1) is 10.1 Å². The maximum atomic E-state index is 12.5. The molecule has 20 heavy (non-hydrogen) atoms. The third-order valence-corrected chi connectivity index (χ3v) is 3.36. The highest BCUT2D eigenvalue weighted by Gasteiger charge is 2.27. The van der Waals surface area contributed by atoms with E-state index in [9.17, 15) is 14.9 Å². The predicted octanol–water partition coefficient (Wildman–Crippen LogP) is 2.50. The molecule has 0 saturated carbocycles. The lowest BCUT2D eigenvalue weighted by Gasteiger charge is -2.22. The molecule has 7 heteroatoms. The monoisotopic (exact) mass is 298 g/mol. The van der Waals surface area contributed by atoms with Crippen molar-refractivity contribution >= 4 is 23.2 Å². The van der Waals surface area contributed by atoms with Crippen LogP contribution in [0.4, 0.5) is 5.69 Å². The van der Waals surface area contributed by atoms with Gasteiger partial charge >= 0.3 is 0 Å². The number of nitrogens with zero attached hydrogens (tertiary/aromatic N) is 2. The fraction of sp³-hybridized carbons (Fsp3) is 0.462. The van der Waals surface area contributed by atoms with Gasteiger partial charge in [-0.05, 0) is 25.5 Å². The second kappa shape index (κ2) is 6.19. The standard InChI is InChI=1S/C13H15ClN2O4/c1-9-8-15(5-2-6-20-9)13(17)11-7-10(14)3-4-12(11)16(18)19/h3-4,7,9H,2,5-6,8H2,1H3. The fourth-order valence-corrected chi connectivity index (χ4v) is 2.36. The van der Waals surface area contributed by atoms with Gasteiger partial charge in [0.1, 0.15) is 5.56 Å². The minimum Gasteiger partial charge on any atom is -0.377 e. The SMILES string of the molecule is CC1CN(C(=O)c2cc(Cl)ccc2[N+](=O)[O-])CCCO1. The summed E-state index contributed by atoms with van der Waals surface area (Å²) in [5, 5.41) is 11.3. The molecule has 1 aliphatic rings. The van der Waals surface area contributed by atoms with Gasteiger partial charge in [0.2, 0.25) is 0 Å². The zero-order valence-electron chi connectivity index (χ0n) is 11.0. The third-order valence-electron chi connectivity index (χ3n) is 3.13. The molecule has 1 amide bonds. The average Bonchev–Trinajstić information content (AvgIpc) is 2.62. The number of carbonyl (C=O) groups excluding carboxylic acids is 1. The minimum absolute atomic E-state index is 0.0246. The average molecular weight is 299 g/mol. The lowest BCUT2D eigenvalue weighted by molar-refractivity contribution is -0.385. The predicted molar refractivity (Wildman–Crippen MR) is 74.0 cm³/mol. The van der Waals surface area contributed by atoms with Crippen molar-refractivity contribution in [3.63, 3.8) is 0 Å². The largest absolute Gasteiger partial charge is 0.377 e. The van der Waals surface area contributed by atoms with Gasteiger partial charge in [-0.2, -0.15) is 0 Å². The second-order valence-corrected chi connectivity index (χ2v) is 5.14. The number of nitro groups is 1. The van der Waals surface area contributed by atoms with Crippen LogP contribution in [0.25, 0.3) is 0 Å². The molecule has 2 rings (SSSR count). The van der Waals surface area contributed by atoms with Crippen LogP contribution in [-0.4, -0.2) is 41.5 Å². The van der Waals surface area contributed by atoms with Gasteiger partial charge in [0.15, 0.2) is 0 Å². The summed E-state index contributed by atoms with van der Waals surface area (Å²) in [4.78, 5) is 24.5. The van der Waals surface area contributed by atoms with E-state index in [1.807, 2.05) is 6.92 Å². The number of amides is 1. The van der Waals surface area contributed by atoms with Gasteiger partial charge in [0.05, 0.1) is 11.0 Å². The van der Waals surface area contributed by atoms with Gasteiger partial charge in [-0.1, -0.05) is 11.6 Å². The molecule has 1 aromatic rings. The van der Waals surface area contributed by atoms with E-state index < -0.39 is 4.92 Å². The number of hydrogen-bond acceptors (Lipinski definition) is 4. The van der Waals surface area contributed by atoms with E-state index in [1.165, 1.54) is 18.2 Å². The van der Waals surface area contributed by atoms with Gasteiger partial charge < -0.3 is 9.64 Å². The first-order valence-electron chi connectivity index (χ1n) is 6.34. The smallest absolute Gasteiger partial charge is 0.282 e. The van der Waals surface area contributed by atoms with Crippen LogP contribution in [0.3, 0.4) is 0 Å². The molecule has 1 aromatic carbocycles. The number of hydrogen-bond donors (Lipinski definition) is 0. The lowest BCUT2D eigenvalue weighted by Crippen LogP contribution is -2.36. The van der Waals surface area contributed by atoms with Crippen molar-refractivity contribution < 1.29 is 14.5 Å². The third kappa shape index (κ3) is 3.26. The van der Waals surface area contributed by atoms with Crippen LogP contribution < -0.4 is 0 Å². The number of rotatable bonds is 2. The molecular weight excluding hydrogens is 284 g/mol. The van der Waals surface area contributed by atoms with Crippen LogP contribution in [0.1, 0.15) is 23.7 Å². The summed E-state index contributed by atoms with van der Waals surface area (Å²) in [6.45, 7) is 3.40. The summed E-state index contributed by atoms with van der Waals surface area (Å²) in [5.41, 5.74) is -0.200. The molecule has 1 aliphatic heterocycles. The van der Waals surface area contributed by atoms with Gasteiger partial charge in [0, 0.05) is 30.8 Å². The van der Waals surface area contributed by atoms with E-state index >= 15 is 0 Å². The normalized spacial score (nSPS) is 19.5. The molecular formula is C13H15ClN2O4. The summed E-state index contributed by atoms with van der Waals surface area (Å²) in [6.07, 6.45) is 0.629. The first-order valence-corrected chi connectivity index (χ1v) is 6.71. The highest BCUT2D eigenvalue weighted by atomic mass is 35.5. The first-order chi connectivity index (χ1) is 9.49. The lowest BCUT2D eigenvalue weighted by atomic mass is 10.1. The summed E-state index contributed by atoms with van der Waals surface area (Å²) < 4.78 is 5.47. The summed E-state index contributed by atoms with van der Waals surface area (Å²) in [7, 11) is 0. The Labute approximate surface area is 121 Å². The summed E-state index contributed by atoms with van der Waals surface area (Å²) in [6, 6.07) is 4.01. The second-order valence-electron chi connectivity index (χ2n) is 4.70. The fourth-order valence-electron chi connectivity index (χ4n) is 2.19. The van der Waals surface area contributed by atoms with Crippen LogP contribution >= 0.6 is 11.6 Å². The van der Waals surface area contributed by atoms with Crippen LogP contribution in [0.5, 0.6) is 0 Å². The molecule has 0 aliphatic carbocycles. The molecule has 0 radical (unpaired) electrons. The van der Waals surface area contributed by atoms with E-state index in [0.29, 0.717) is 31.1 Å². The zero-order chi connectivity index (χ0) is 14.7. The summed E-state index contributed by atoms with van der Waals surface area (Å²) >= 11 is 5.85. The van der Waals surface area contributed by atoms with E-state index in [-0.39, 0.29) is 23.3 Å². The maximum Gasteiger partial charge on any atom is 0.282 e. The van der Waals surface area contributed by atoms with Gasteiger partial charge in [-0.15, -0.1) is 0 Å². The van der Waals surface area contributed by atoms with E-state index in [0.717, 1.165) is 0 Å². The summed E-state index contributed by atoms with van der Waals surface area (Å²) in [5.74, 6) is -0.378. The van der Waals surface area contributed by atoms with Crippen molar-refractivity contribution in [1.29, 1.82) is 0 Å². The van der Waals surface area contributed by atoms with E-state index in [2.05, 4.69) is 0 Å². The van der Waals surface area contributed by atoms with Crippen molar-refractivity contribution in [3.8, 4) is 0 Å². The topological polar surface area (TPSA) is 72.7 Å². The Hall–Kier alpha value is -1.66. The number of benzene rings is 1. The molecule has 0 N–H and O–H groups in total. The number of nitro benzene ring substituents is 1. The Balaban J connectivity index is 2.32. The highest BCUT2D eigenvalue weighted by Crippen LogP contribution is 2.24. The van der Waals surface area contributed by atoms with Crippen LogP contribution in [-0.2, 0) is 4.74 Å². The molecule has 1 saturated heterocycles. The molecule has 0 bridgehead atoms. The van der Waals surface area contributed by atoms with Crippen molar-refractivity contribution in [2.45, 2.75) is 19.4 Å². The van der Waals surface area contributed by atoms with Crippen molar-refractivity contribution in [3.05, 3.63) is 38.9 Å². The zero-order valence-corrected chi connectivity index (χ0v) is 11.8.